The van der Waals surface area contributed by atoms with Crippen LogP contribution >= 0.6 is 0 Å². The number of methoxy groups -OCH3 is 1. The summed E-state index contributed by atoms with van der Waals surface area (Å²) in [7, 11) is 1.71. The third-order valence-corrected chi connectivity index (χ3v) is 4.33. The molecule has 1 aromatic heterocycles. The molecular weight excluding hydrogens is 260 g/mol. The van der Waals surface area contributed by atoms with E-state index in [1.165, 1.54) is 24.1 Å². The third-order valence-electron chi connectivity index (χ3n) is 4.33. The summed E-state index contributed by atoms with van der Waals surface area (Å²) in [5.74, 6) is 1.60. The molecule has 0 radical (unpaired) electrons. The van der Waals surface area contributed by atoms with Gasteiger partial charge in [-0.05, 0) is 60.7 Å². The minimum atomic E-state index is 0.661. The van der Waals surface area contributed by atoms with Crippen molar-refractivity contribution in [3.63, 3.8) is 0 Å². The molecule has 21 heavy (non-hydrogen) atoms. The maximum Gasteiger partial charge on any atom is 0.118 e. The molecular formula is C18H22N2O. The van der Waals surface area contributed by atoms with Crippen LogP contribution in [0, 0.1) is 0 Å². The standard InChI is InChI=1S/C18H22N2O/c1-21-18-4-2-16(3-5-18)17-9-13-20(14-17)12-8-15-6-10-19-11-7-15/h2-7,10-11,17H,8-9,12-14H2,1H3/t17-/m1/s1. The number of benzene rings is 1. The highest BCUT2D eigenvalue weighted by molar-refractivity contribution is 5.30. The Morgan fingerprint density at radius 3 is 2.62 bits per heavy atom. The summed E-state index contributed by atoms with van der Waals surface area (Å²) >= 11 is 0. The molecule has 0 bridgehead atoms. The minimum Gasteiger partial charge on any atom is -0.497 e. The predicted octanol–water partition coefficient (Wildman–Crippen LogP) is 3.12. The fraction of sp³-hybridized carbons (Fsp3) is 0.389. The topological polar surface area (TPSA) is 25.4 Å². The molecule has 0 unspecified atom stereocenters. The first kappa shape index (κ1) is 14.1. The minimum absolute atomic E-state index is 0.661. The van der Waals surface area contributed by atoms with Crippen molar-refractivity contribution >= 4 is 0 Å². The van der Waals surface area contributed by atoms with Crippen LogP contribution in [0.2, 0.25) is 0 Å². The SMILES string of the molecule is COc1ccc([C@@H]2CCN(CCc3ccncc3)C2)cc1. The molecule has 110 valence electrons. The van der Waals surface area contributed by atoms with E-state index in [1.54, 1.807) is 7.11 Å². The van der Waals surface area contributed by atoms with Gasteiger partial charge in [-0.25, -0.2) is 0 Å². The fourth-order valence-electron chi connectivity index (χ4n) is 3.02. The molecule has 0 spiro atoms. The molecule has 1 atom stereocenters. The average Bonchev–Trinajstić information content (AvgIpc) is 3.03. The summed E-state index contributed by atoms with van der Waals surface area (Å²) in [5, 5.41) is 0. The van der Waals surface area contributed by atoms with Crippen molar-refractivity contribution in [2.75, 3.05) is 26.7 Å². The molecule has 1 aromatic carbocycles. The molecule has 1 aliphatic heterocycles. The number of likely N-dealkylation sites (tertiary alicyclic amines) is 1. The van der Waals surface area contributed by atoms with Crippen LogP contribution in [-0.2, 0) is 6.42 Å². The predicted molar refractivity (Wildman–Crippen MR) is 84.7 cm³/mol. The van der Waals surface area contributed by atoms with Crippen LogP contribution in [0.5, 0.6) is 5.75 Å². The van der Waals surface area contributed by atoms with E-state index in [0.29, 0.717) is 5.92 Å². The Morgan fingerprint density at radius 1 is 1.14 bits per heavy atom. The normalized spacial score (nSPS) is 18.8. The van der Waals surface area contributed by atoms with Crippen LogP contribution in [0.4, 0.5) is 0 Å². The maximum atomic E-state index is 5.22. The van der Waals surface area contributed by atoms with Crippen LogP contribution in [-0.4, -0.2) is 36.6 Å². The lowest BCUT2D eigenvalue weighted by Gasteiger charge is -2.16. The monoisotopic (exact) mass is 282 g/mol. The van der Waals surface area contributed by atoms with Crippen molar-refractivity contribution in [1.82, 2.24) is 9.88 Å². The van der Waals surface area contributed by atoms with Gasteiger partial charge in [-0.15, -0.1) is 0 Å². The third kappa shape index (κ3) is 3.61. The molecule has 1 saturated heterocycles. The summed E-state index contributed by atoms with van der Waals surface area (Å²) < 4.78 is 5.22. The molecule has 3 rings (SSSR count). The van der Waals surface area contributed by atoms with Gasteiger partial charge in [0.1, 0.15) is 5.75 Å². The molecule has 3 heteroatoms. The zero-order valence-electron chi connectivity index (χ0n) is 12.5. The summed E-state index contributed by atoms with van der Waals surface area (Å²) in [4.78, 5) is 6.63. The lowest BCUT2D eigenvalue weighted by Crippen LogP contribution is -2.23. The number of aromatic nitrogens is 1. The zero-order valence-corrected chi connectivity index (χ0v) is 12.5. The van der Waals surface area contributed by atoms with Crippen LogP contribution in [0.15, 0.2) is 48.8 Å². The van der Waals surface area contributed by atoms with Gasteiger partial charge >= 0.3 is 0 Å². The van der Waals surface area contributed by atoms with E-state index >= 15 is 0 Å². The Kier molecular flexibility index (Phi) is 4.51. The highest BCUT2D eigenvalue weighted by atomic mass is 16.5. The van der Waals surface area contributed by atoms with Gasteiger partial charge in [0.25, 0.3) is 0 Å². The molecule has 1 fully saturated rings. The highest BCUT2D eigenvalue weighted by Crippen LogP contribution is 2.28. The van der Waals surface area contributed by atoms with Gasteiger partial charge in [-0.1, -0.05) is 12.1 Å². The van der Waals surface area contributed by atoms with Gasteiger partial charge in [0.05, 0.1) is 7.11 Å². The molecule has 2 heterocycles. The van der Waals surface area contributed by atoms with Gasteiger partial charge in [0.2, 0.25) is 0 Å². The average molecular weight is 282 g/mol. The second kappa shape index (κ2) is 6.72. The largest absolute Gasteiger partial charge is 0.497 e. The lowest BCUT2D eigenvalue weighted by molar-refractivity contribution is 0.339. The number of nitrogens with zero attached hydrogens (tertiary/aromatic N) is 2. The zero-order chi connectivity index (χ0) is 14.5. The number of pyridine rings is 1. The van der Waals surface area contributed by atoms with Gasteiger partial charge in [-0.3, -0.25) is 4.98 Å². The second-order valence-corrected chi connectivity index (χ2v) is 5.66. The van der Waals surface area contributed by atoms with Crippen LogP contribution in [0.3, 0.4) is 0 Å². The molecule has 0 amide bonds. The van der Waals surface area contributed by atoms with Crippen LogP contribution in [0.1, 0.15) is 23.5 Å². The second-order valence-electron chi connectivity index (χ2n) is 5.66. The fourth-order valence-corrected chi connectivity index (χ4v) is 3.02. The Hall–Kier alpha value is -1.87. The molecule has 0 aliphatic carbocycles. The van der Waals surface area contributed by atoms with E-state index in [-0.39, 0.29) is 0 Å². The van der Waals surface area contributed by atoms with E-state index in [4.69, 9.17) is 4.74 Å². The van der Waals surface area contributed by atoms with Crippen molar-refractivity contribution < 1.29 is 4.74 Å². The van der Waals surface area contributed by atoms with E-state index in [2.05, 4.69) is 46.3 Å². The van der Waals surface area contributed by atoms with Crippen LogP contribution in [0.25, 0.3) is 0 Å². The first-order chi connectivity index (χ1) is 10.3. The first-order valence-corrected chi connectivity index (χ1v) is 7.60. The highest BCUT2D eigenvalue weighted by Gasteiger charge is 2.23. The Bertz CT molecular complexity index is 553. The Balaban J connectivity index is 1.52. The van der Waals surface area contributed by atoms with Crippen LogP contribution < -0.4 is 4.74 Å². The molecule has 2 aromatic rings. The molecule has 0 N–H and O–H groups in total. The number of ether oxygens (including phenoxy) is 1. The van der Waals surface area contributed by atoms with E-state index in [0.717, 1.165) is 25.3 Å². The number of rotatable bonds is 5. The van der Waals surface area contributed by atoms with Gasteiger partial charge < -0.3 is 9.64 Å². The van der Waals surface area contributed by atoms with E-state index in [9.17, 15) is 0 Å². The van der Waals surface area contributed by atoms with Crippen molar-refractivity contribution in [3.8, 4) is 5.75 Å². The summed E-state index contributed by atoms with van der Waals surface area (Å²) in [6.07, 6.45) is 6.11. The molecule has 1 aliphatic rings. The van der Waals surface area contributed by atoms with Crippen molar-refractivity contribution in [1.29, 1.82) is 0 Å². The van der Waals surface area contributed by atoms with Crippen molar-refractivity contribution in [2.24, 2.45) is 0 Å². The smallest absolute Gasteiger partial charge is 0.118 e. The summed E-state index contributed by atoms with van der Waals surface area (Å²) in [6.45, 7) is 3.50. The van der Waals surface area contributed by atoms with Gasteiger partial charge in [-0.2, -0.15) is 0 Å². The Labute approximate surface area is 126 Å². The van der Waals surface area contributed by atoms with E-state index < -0.39 is 0 Å². The lowest BCUT2D eigenvalue weighted by atomic mass is 9.98. The van der Waals surface area contributed by atoms with Crippen molar-refractivity contribution in [3.05, 3.63) is 59.9 Å². The molecule has 3 nitrogen and oxygen atoms in total. The van der Waals surface area contributed by atoms with Gasteiger partial charge in [0, 0.05) is 25.5 Å². The Morgan fingerprint density at radius 2 is 1.90 bits per heavy atom. The van der Waals surface area contributed by atoms with Gasteiger partial charge in [0.15, 0.2) is 0 Å². The number of hydrogen-bond acceptors (Lipinski definition) is 3. The maximum absolute atomic E-state index is 5.22. The summed E-state index contributed by atoms with van der Waals surface area (Å²) in [6, 6.07) is 12.8. The molecule has 0 saturated carbocycles. The van der Waals surface area contributed by atoms with Crippen molar-refractivity contribution in [2.45, 2.75) is 18.8 Å². The number of hydrogen-bond donors (Lipinski definition) is 0. The first-order valence-electron chi connectivity index (χ1n) is 7.60. The quantitative estimate of drug-likeness (QED) is 0.842. The van der Waals surface area contributed by atoms with E-state index in [1.807, 2.05) is 12.4 Å². The summed E-state index contributed by atoms with van der Waals surface area (Å²) in [5.41, 5.74) is 2.81.